The number of piperidine rings is 1. The van der Waals surface area contributed by atoms with Crippen molar-refractivity contribution in [3.63, 3.8) is 0 Å². The van der Waals surface area contributed by atoms with Crippen molar-refractivity contribution in [2.45, 2.75) is 26.2 Å². The highest BCUT2D eigenvalue weighted by atomic mass is 35.5. The summed E-state index contributed by atoms with van der Waals surface area (Å²) in [6, 6.07) is 5.89. The maximum atomic E-state index is 11.9. The second-order valence-corrected chi connectivity index (χ2v) is 7.18. The molecule has 0 spiro atoms. The number of benzene rings is 1. The number of guanidine groups is 1. The molecule has 0 saturated carbocycles. The van der Waals surface area contributed by atoms with Gasteiger partial charge in [-0.1, -0.05) is 11.6 Å². The van der Waals surface area contributed by atoms with Gasteiger partial charge in [0.15, 0.2) is 5.96 Å². The number of halogens is 1. The maximum Gasteiger partial charge on any atom is 0.309 e. The number of fused-ring (bicyclic) bond motifs is 1. The summed E-state index contributed by atoms with van der Waals surface area (Å²) in [4.78, 5) is 21.8. The highest BCUT2D eigenvalue weighted by Gasteiger charge is 2.27. The Morgan fingerprint density at radius 3 is 2.89 bits per heavy atom. The number of nitrogens with one attached hydrogen (secondary N) is 2. The predicted molar refractivity (Wildman–Crippen MR) is 109 cm³/mol. The number of hydrogen-bond acceptors (Lipinski definition) is 3. The lowest BCUT2D eigenvalue weighted by atomic mass is 9.97. The molecule has 2 N–H and O–H groups in total. The fourth-order valence-corrected chi connectivity index (χ4v) is 3.76. The summed E-state index contributed by atoms with van der Waals surface area (Å²) in [5, 5.41) is 5.35. The van der Waals surface area contributed by atoms with Crippen LogP contribution in [0.4, 0.5) is 0 Å². The van der Waals surface area contributed by atoms with E-state index in [2.05, 4.69) is 20.2 Å². The highest BCUT2D eigenvalue weighted by Crippen LogP contribution is 2.23. The average Bonchev–Trinajstić information content (AvgIpc) is 3.08. The Bertz CT molecular complexity index is 809. The summed E-state index contributed by atoms with van der Waals surface area (Å²) in [6.45, 7) is 4.70. The molecule has 7 heteroatoms. The van der Waals surface area contributed by atoms with E-state index < -0.39 is 0 Å². The molecule has 1 aliphatic heterocycles. The molecule has 1 aromatic heterocycles. The zero-order chi connectivity index (χ0) is 19.2. The van der Waals surface area contributed by atoms with Crippen molar-refractivity contribution in [1.29, 1.82) is 0 Å². The number of nitrogens with zero attached hydrogens (tertiary/aromatic N) is 2. The third-order valence-corrected chi connectivity index (χ3v) is 5.27. The fourth-order valence-electron chi connectivity index (χ4n) is 3.59. The third kappa shape index (κ3) is 4.75. The van der Waals surface area contributed by atoms with Gasteiger partial charge in [0.2, 0.25) is 0 Å². The third-order valence-electron chi connectivity index (χ3n) is 5.03. The molecule has 6 nitrogen and oxygen atoms in total. The zero-order valence-electron chi connectivity index (χ0n) is 15.9. The minimum absolute atomic E-state index is 0.00951. The highest BCUT2D eigenvalue weighted by molar-refractivity contribution is 6.31. The molecule has 1 fully saturated rings. The quantitative estimate of drug-likeness (QED) is 0.467. The lowest BCUT2D eigenvalue weighted by Crippen LogP contribution is -2.47. The van der Waals surface area contributed by atoms with Crippen molar-refractivity contribution >= 4 is 34.4 Å². The minimum Gasteiger partial charge on any atom is -0.466 e. The molecular formula is C20H27ClN4O2. The number of carbonyl (C=O) groups is 1. The van der Waals surface area contributed by atoms with Crippen LogP contribution < -0.4 is 5.32 Å². The smallest absolute Gasteiger partial charge is 0.309 e. The first kappa shape index (κ1) is 19.5. The van der Waals surface area contributed by atoms with Gasteiger partial charge in [-0.3, -0.25) is 9.79 Å². The summed E-state index contributed by atoms with van der Waals surface area (Å²) in [6.07, 6.45) is 4.52. The number of hydrogen-bond donors (Lipinski definition) is 2. The predicted octanol–water partition coefficient (Wildman–Crippen LogP) is 3.21. The second-order valence-electron chi connectivity index (χ2n) is 6.74. The van der Waals surface area contributed by atoms with Crippen LogP contribution in [0.2, 0.25) is 5.02 Å². The molecule has 0 radical (unpaired) electrons. The standard InChI is InChI=1S/C20H27ClN4O2/c1-3-27-19(26)14-7-10-25(11-8-14)20(22-2)23-9-6-15-13-24-18-5-4-16(21)12-17(15)18/h4-5,12-14,24H,3,6-11H2,1-2H3,(H,22,23). The van der Waals surface area contributed by atoms with Gasteiger partial charge in [0.25, 0.3) is 0 Å². The number of aliphatic imine (C=N–C) groups is 1. The van der Waals surface area contributed by atoms with Crippen LogP contribution in [0.15, 0.2) is 29.4 Å². The Hall–Kier alpha value is -2.21. The number of rotatable bonds is 5. The first-order chi connectivity index (χ1) is 13.1. The number of esters is 1. The van der Waals surface area contributed by atoms with Crippen molar-refractivity contribution in [2.24, 2.45) is 10.9 Å². The first-order valence-corrected chi connectivity index (χ1v) is 9.88. The van der Waals surface area contributed by atoms with E-state index in [1.165, 1.54) is 5.56 Å². The van der Waals surface area contributed by atoms with E-state index in [0.717, 1.165) is 60.8 Å². The largest absolute Gasteiger partial charge is 0.466 e. The van der Waals surface area contributed by atoms with Crippen LogP contribution in [0.25, 0.3) is 10.9 Å². The van der Waals surface area contributed by atoms with E-state index in [-0.39, 0.29) is 11.9 Å². The van der Waals surface area contributed by atoms with E-state index in [4.69, 9.17) is 16.3 Å². The maximum absolute atomic E-state index is 11.9. The van der Waals surface area contributed by atoms with Gasteiger partial charge in [-0.15, -0.1) is 0 Å². The molecule has 146 valence electrons. The number of ether oxygens (including phenoxy) is 1. The summed E-state index contributed by atoms with van der Waals surface area (Å²) < 4.78 is 5.14. The normalized spacial score (nSPS) is 16.0. The first-order valence-electron chi connectivity index (χ1n) is 9.50. The van der Waals surface area contributed by atoms with Crippen molar-refractivity contribution in [1.82, 2.24) is 15.2 Å². The van der Waals surface area contributed by atoms with Crippen molar-refractivity contribution in [2.75, 3.05) is 33.3 Å². The molecule has 0 aliphatic carbocycles. The van der Waals surface area contributed by atoms with Crippen LogP contribution in [0, 0.1) is 5.92 Å². The van der Waals surface area contributed by atoms with Crippen LogP contribution in [0.3, 0.4) is 0 Å². The average molecular weight is 391 g/mol. The van der Waals surface area contributed by atoms with E-state index in [9.17, 15) is 4.79 Å². The lowest BCUT2D eigenvalue weighted by Gasteiger charge is -2.33. The Morgan fingerprint density at radius 1 is 1.41 bits per heavy atom. The fraction of sp³-hybridized carbons (Fsp3) is 0.500. The van der Waals surface area contributed by atoms with Gasteiger partial charge in [-0.2, -0.15) is 0 Å². The van der Waals surface area contributed by atoms with Gasteiger partial charge in [0.05, 0.1) is 12.5 Å². The molecule has 2 heterocycles. The van der Waals surface area contributed by atoms with Crippen molar-refractivity contribution in [3.05, 3.63) is 35.0 Å². The van der Waals surface area contributed by atoms with Crippen LogP contribution in [0.5, 0.6) is 0 Å². The van der Waals surface area contributed by atoms with E-state index in [1.807, 2.05) is 31.3 Å². The molecule has 1 aliphatic rings. The summed E-state index contributed by atoms with van der Waals surface area (Å²) in [7, 11) is 1.80. The lowest BCUT2D eigenvalue weighted by molar-refractivity contribution is -0.149. The van der Waals surface area contributed by atoms with E-state index in [0.29, 0.717) is 6.61 Å². The molecule has 1 saturated heterocycles. The second kappa shape index (κ2) is 9.13. The van der Waals surface area contributed by atoms with Gasteiger partial charge in [0, 0.05) is 48.8 Å². The number of carbonyl (C=O) groups excluding carboxylic acids is 1. The summed E-state index contributed by atoms with van der Waals surface area (Å²) in [5.41, 5.74) is 2.33. The number of aromatic nitrogens is 1. The molecule has 2 aromatic rings. The minimum atomic E-state index is -0.0712. The zero-order valence-corrected chi connectivity index (χ0v) is 16.7. The van der Waals surface area contributed by atoms with Crippen molar-refractivity contribution in [3.8, 4) is 0 Å². The van der Waals surface area contributed by atoms with Gasteiger partial charge in [-0.25, -0.2) is 0 Å². The van der Waals surface area contributed by atoms with Crippen LogP contribution in [-0.4, -0.2) is 55.1 Å². The Balaban J connectivity index is 1.51. The van der Waals surface area contributed by atoms with Gasteiger partial charge in [0.1, 0.15) is 0 Å². The van der Waals surface area contributed by atoms with E-state index in [1.54, 1.807) is 7.05 Å². The number of aromatic amines is 1. The van der Waals surface area contributed by atoms with Crippen LogP contribution in [0.1, 0.15) is 25.3 Å². The summed E-state index contributed by atoms with van der Waals surface area (Å²) in [5.74, 6) is 0.823. The molecule has 0 amide bonds. The van der Waals surface area contributed by atoms with Gasteiger partial charge < -0.3 is 19.9 Å². The van der Waals surface area contributed by atoms with Gasteiger partial charge in [-0.05, 0) is 49.9 Å². The molecule has 0 atom stereocenters. The molecule has 1 aromatic carbocycles. The van der Waals surface area contributed by atoms with Crippen LogP contribution in [-0.2, 0) is 16.0 Å². The Morgan fingerprint density at radius 2 is 2.19 bits per heavy atom. The van der Waals surface area contributed by atoms with Crippen molar-refractivity contribution < 1.29 is 9.53 Å². The molecule has 3 rings (SSSR count). The Kier molecular flexibility index (Phi) is 6.61. The number of H-pyrrole nitrogens is 1. The van der Waals surface area contributed by atoms with E-state index >= 15 is 0 Å². The molecule has 0 unspecified atom stereocenters. The molecular weight excluding hydrogens is 364 g/mol. The molecule has 0 bridgehead atoms. The summed E-state index contributed by atoms with van der Waals surface area (Å²) >= 11 is 6.12. The topological polar surface area (TPSA) is 69.7 Å². The monoisotopic (exact) mass is 390 g/mol. The Labute approximate surface area is 164 Å². The van der Waals surface area contributed by atoms with Gasteiger partial charge >= 0.3 is 5.97 Å². The van der Waals surface area contributed by atoms with Crippen LogP contribution >= 0.6 is 11.6 Å². The number of likely N-dealkylation sites (tertiary alicyclic amines) is 1. The SMILES string of the molecule is CCOC(=O)C1CCN(C(=NC)NCCc2c[nH]c3ccc(Cl)cc23)CC1. The molecule has 27 heavy (non-hydrogen) atoms.